The van der Waals surface area contributed by atoms with E-state index in [1.165, 1.54) is 18.4 Å². The molecule has 0 unspecified atom stereocenters. The summed E-state index contributed by atoms with van der Waals surface area (Å²) in [4.78, 5) is 15.8. The molecule has 1 heterocycles. The molecule has 0 aliphatic carbocycles. The minimum Gasteiger partial charge on any atom is -0.476 e. The van der Waals surface area contributed by atoms with Crippen molar-refractivity contribution in [2.24, 2.45) is 5.92 Å². The SMILES string of the molecule is CCCCCc1cnc(C(=O)O)c(-c2ccc(C[C@@H](C)CC)cc2)c1. The Hall–Kier alpha value is -2.16. The van der Waals surface area contributed by atoms with Gasteiger partial charge in [0.05, 0.1) is 0 Å². The highest BCUT2D eigenvalue weighted by atomic mass is 16.4. The molecule has 1 aromatic heterocycles. The number of nitrogens with zero attached hydrogens (tertiary/aromatic N) is 1. The molecule has 0 aliphatic rings. The van der Waals surface area contributed by atoms with E-state index in [-0.39, 0.29) is 5.69 Å². The fraction of sp³-hybridized carbons (Fsp3) is 0.455. The van der Waals surface area contributed by atoms with Crippen LogP contribution in [-0.2, 0) is 12.8 Å². The molecule has 2 aromatic rings. The van der Waals surface area contributed by atoms with Gasteiger partial charge in [-0.1, -0.05) is 64.3 Å². The Kier molecular flexibility index (Phi) is 7.17. The van der Waals surface area contributed by atoms with Gasteiger partial charge in [0.1, 0.15) is 0 Å². The average molecular weight is 339 g/mol. The summed E-state index contributed by atoms with van der Waals surface area (Å²) >= 11 is 0. The lowest BCUT2D eigenvalue weighted by atomic mass is 9.95. The third-order valence-electron chi connectivity index (χ3n) is 4.76. The van der Waals surface area contributed by atoms with Gasteiger partial charge in [-0.2, -0.15) is 0 Å². The van der Waals surface area contributed by atoms with Crippen molar-refractivity contribution in [3.8, 4) is 11.1 Å². The second-order valence-corrected chi connectivity index (χ2v) is 6.92. The van der Waals surface area contributed by atoms with Crippen molar-refractivity contribution in [2.75, 3.05) is 0 Å². The third-order valence-corrected chi connectivity index (χ3v) is 4.76. The summed E-state index contributed by atoms with van der Waals surface area (Å²) in [6, 6.07) is 10.3. The van der Waals surface area contributed by atoms with Gasteiger partial charge in [-0.25, -0.2) is 9.78 Å². The summed E-state index contributed by atoms with van der Waals surface area (Å²) in [7, 11) is 0. The van der Waals surface area contributed by atoms with Crippen LogP contribution in [0.15, 0.2) is 36.5 Å². The number of hydrogen-bond donors (Lipinski definition) is 1. The minimum atomic E-state index is -0.973. The first-order chi connectivity index (χ1) is 12.0. The van der Waals surface area contributed by atoms with Gasteiger partial charge in [0.2, 0.25) is 0 Å². The molecule has 1 aromatic carbocycles. The van der Waals surface area contributed by atoms with Gasteiger partial charge in [0.25, 0.3) is 0 Å². The Labute approximate surface area is 151 Å². The topological polar surface area (TPSA) is 50.2 Å². The Balaban J connectivity index is 2.28. The lowest BCUT2D eigenvalue weighted by Gasteiger charge is -2.11. The predicted molar refractivity (Wildman–Crippen MR) is 103 cm³/mol. The van der Waals surface area contributed by atoms with Gasteiger partial charge in [0.15, 0.2) is 5.69 Å². The second-order valence-electron chi connectivity index (χ2n) is 6.92. The summed E-state index contributed by atoms with van der Waals surface area (Å²) in [6.45, 7) is 6.63. The molecule has 0 saturated heterocycles. The van der Waals surface area contributed by atoms with E-state index in [4.69, 9.17) is 0 Å². The lowest BCUT2D eigenvalue weighted by molar-refractivity contribution is 0.0691. The van der Waals surface area contributed by atoms with Crippen LogP contribution in [0.1, 0.15) is 68.1 Å². The second kappa shape index (κ2) is 9.36. The molecular formula is C22H29NO2. The van der Waals surface area contributed by atoms with Crippen molar-refractivity contribution in [1.82, 2.24) is 4.98 Å². The fourth-order valence-corrected chi connectivity index (χ4v) is 2.98. The summed E-state index contributed by atoms with van der Waals surface area (Å²) in [5.74, 6) is -0.317. The predicted octanol–water partition coefficient (Wildman–Crippen LogP) is 5.77. The van der Waals surface area contributed by atoms with E-state index in [0.717, 1.165) is 42.4 Å². The molecule has 1 N–H and O–H groups in total. The number of carboxylic acids is 1. The first-order valence-electron chi connectivity index (χ1n) is 9.36. The van der Waals surface area contributed by atoms with E-state index in [1.54, 1.807) is 6.20 Å². The van der Waals surface area contributed by atoms with Crippen LogP contribution >= 0.6 is 0 Å². The Morgan fingerprint density at radius 3 is 2.44 bits per heavy atom. The van der Waals surface area contributed by atoms with Crippen molar-refractivity contribution in [3.63, 3.8) is 0 Å². The summed E-state index contributed by atoms with van der Waals surface area (Å²) in [5, 5.41) is 9.47. The molecule has 0 saturated carbocycles. The van der Waals surface area contributed by atoms with Crippen LogP contribution in [0.4, 0.5) is 0 Å². The monoisotopic (exact) mass is 339 g/mol. The molecule has 0 aliphatic heterocycles. The number of aryl methyl sites for hydroxylation is 1. The van der Waals surface area contributed by atoms with Gasteiger partial charge in [-0.15, -0.1) is 0 Å². The van der Waals surface area contributed by atoms with Gasteiger partial charge < -0.3 is 5.11 Å². The summed E-state index contributed by atoms with van der Waals surface area (Å²) in [5.41, 5.74) is 4.18. The first-order valence-corrected chi connectivity index (χ1v) is 9.36. The molecule has 0 fully saturated rings. The van der Waals surface area contributed by atoms with E-state index in [1.807, 2.05) is 18.2 Å². The zero-order valence-corrected chi connectivity index (χ0v) is 15.6. The van der Waals surface area contributed by atoms with Gasteiger partial charge in [0, 0.05) is 11.8 Å². The van der Waals surface area contributed by atoms with Crippen LogP contribution in [0.5, 0.6) is 0 Å². The maximum atomic E-state index is 11.6. The van der Waals surface area contributed by atoms with Crippen LogP contribution in [0.25, 0.3) is 11.1 Å². The maximum absolute atomic E-state index is 11.6. The summed E-state index contributed by atoms with van der Waals surface area (Å²) in [6.07, 6.45) is 8.33. The van der Waals surface area contributed by atoms with Crippen molar-refractivity contribution in [1.29, 1.82) is 0 Å². The van der Waals surface area contributed by atoms with Gasteiger partial charge in [-0.3, -0.25) is 0 Å². The zero-order chi connectivity index (χ0) is 18.2. The van der Waals surface area contributed by atoms with E-state index >= 15 is 0 Å². The Bertz CT molecular complexity index is 692. The largest absolute Gasteiger partial charge is 0.476 e. The van der Waals surface area contributed by atoms with E-state index < -0.39 is 5.97 Å². The molecule has 1 atom stereocenters. The zero-order valence-electron chi connectivity index (χ0n) is 15.6. The standard InChI is InChI=1S/C22H29NO2/c1-4-6-7-8-18-14-20(21(22(24)25)23-15-18)19-11-9-17(10-12-19)13-16(3)5-2/h9-12,14-16H,4-8,13H2,1-3H3,(H,24,25)/t16-/m0/s1. The number of carbonyl (C=O) groups is 1. The van der Waals surface area contributed by atoms with Crippen molar-refractivity contribution >= 4 is 5.97 Å². The van der Waals surface area contributed by atoms with Crippen LogP contribution in [0.3, 0.4) is 0 Å². The normalized spacial score (nSPS) is 12.1. The van der Waals surface area contributed by atoms with Crippen LogP contribution < -0.4 is 0 Å². The number of unbranched alkanes of at least 4 members (excludes halogenated alkanes) is 2. The average Bonchev–Trinajstić information content (AvgIpc) is 2.62. The van der Waals surface area contributed by atoms with Crippen molar-refractivity contribution in [3.05, 3.63) is 53.3 Å². The van der Waals surface area contributed by atoms with Crippen LogP contribution in [0.2, 0.25) is 0 Å². The molecule has 0 spiro atoms. The number of carboxylic acid groups (broad SMARTS) is 1. The number of pyridine rings is 1. The fourth-order valence-electron chi connectivity index (χ4n) is 2.98. The quantitative estimate of drug-likeness (QED) is 0.590. The number of hydrogen-bond acceptors (Lipinski definition) is 2. The van der Waals surface area contributed by atoms with Crippen molar-refractivity contribution in [2.45, 2.75) is 59.3 Å². The van der Waals surface area contributed by atoms with E-state index in [2.05, 4.69) is 37.9 Å². The highest BCUT2D eigenvalue weighted by molar-refractivity contribution is 5.94. The number of aromatic carboxylic acids is 1. The molecule has 0 bridgehead atoms. The molecule has 0 radical (unpaired) electrons. The molecule has 3 heteroatoms. The minimum absolute atomic E-state index is 0.133. The highest BCUT2D eigenvalue weighted by Gasteiger charge is 2.14. The third kappa shape index (κ3) is 5.42. The molecule has 2 rings (SSSR count). The maximum Gasteiger partial charge on any atom is 0.355 e. The number of rotatable bonds is 9. The van der Waals surface area contributed by atoms with Crippen LogP contribution in [0, 0.1) is 5.92 Å². The molecule has 134 valence electrons. The van der Waals surface area contributed by atoms with Gasteiger partial charge >= 0.3 is 5.97 Å². The van der Waals surface area contributed by atoms with E-state index in [0.29, 0.717) is 5.92 Å². The van der Waals surface area contributed by atoms with E-state index in [9.17, 15) is 9.90 Å². The number of benzene rings is 1. The van der Waals surface area contributed by atoms with Crippen LogP contribution in [-0.4, -0.2) is 16.1 Å². The van der Waals surface area contributed by atoms with Gasteiger partial charge in [-0.05, 0) is 47.9 Å². The smallest absolute Gasteiger partial charge is 0.355 e. The highest BCUT2D eigenvalue weighted by Crippen LogP contribution is 2.25. The molecule has 3 nitrogen and oxygen atoms in total. The number of aromatic nitrogens is 1. The molecule has 25 heavy (non-hydrogen) atoms. The Morgan fingerprint density at radius 1 is 1.12 bits per heavy atom. The molecular weight excluding hydrogens is 310 g/mol. The lowest BCUT2D eigenvalue weighted by Crippen LogP contribution is -2.05. The Morgan fingerprint density at radius 2 is 1.84 bits per heavy atom. The first kappa shape index (κ1) is 19.2. The van der Waals surface area contributed by atoms with Crippen molar-refractivity contribution < 1.29 is 9.90 Å². The summed E-state index contributed by atoms with van der Waals surface area (Å²) < 4.78 is 0. The molecule has 0 amide bonds.